The fourth-order valence-corrected chi connectivity index (χ4v) is 2.85. The number of furan rings is 1. The fraction of sp³-hybridized carbons (Fsp3) is 0.111. The van der Waals surface area contributed by atoms with Crippen LogP contribution in [0.1, 0.15) is 16.1 Å². The van der Waals surface area contributed by atoms with Gasteiger partial charge in [-0.05, 0) is 24.3 Å². The van der Waals surface area contributed by atoms with Crippen molar-refractivity contribution in [2.45, 2.75) is 6.42 Å². The lowest BCUT2D eigenvalue weighted by Gasteiger charge is -2.15. The maximum absolute atomic E-state index is 12.1. The average Bonchev–Trinajstić information content (AvgIpc) is 3.06. The molecule has 3 aromatic rings. The molecule has 4 nitrogen and oxygen atoms in total. The van der Waals surface area contributed by atoms with Crippen LogP contribution in [0.15, 0.2) is 59.0 Å². The Kier molecular flexibility index (Phi) is 2.82. The van der Waals surface area contributed by atoms with E-state index in [1.165, 1.54) is 4.90 Å². The molecule has 2 aromatic carbocycles. The third-order valence-electron chi connectivity index (χ3n) is 3.94. The molecule has 0 bridgehead atoms. The zero-order valence-corrected chi connectivity index (χ0v) is 11.8. The highest BCUT2D eigenvalue weighted by atomic mass is 16.3. The fourth-order valence-electron chi connectivity index (χ4n) is 2.85. The van der Waals surface area contributed by atoms with Crippen molar-refractivity contribution < 1.29 is 14.0 Å². The predicted octanol–water partition coefficient (Wildman–Crippen LogP) is 3.20. The average molecular weight is 291 g/mol. The van der Waals surface area contributed by atoms with Gasteiger partial charge in [0.1, 0.15) is 11.3 Å². The highest BCUT2D eigenvalue weighted by Gasteiger charge is 2.35. The van der Waals surface area contributed by atoms with Gasteiger partial charge in [-0.15, -0.1) is 0 Å². The Balaban J connectivity index is 1.59. The first kappa shape index (κ1) is 12.8. The van der Waals surface area contributed by atoms with Crippen LogP contribution < -0.4 is 4.90 Å². The molecule has 0 N–H and O–H groups in total. The summed E-state index contributed by atoms with van der Waals surface area (Å²) in [5, 5.41) is 1.04. The van der Waals surface area contributed by atoms with E-state index in [9.17, 15) is 9.59 Å². The molecule has 0 atom stereocenters. The van der Waals surface area contributed by atoms with Crippen molar-refractivity contribution in [1.29, 1.82) is 0 Å². The number of rotatable bonds is 3. The first-order valence-electron chi connectivity index (χ1n) is 7.17. The minimum atomic E-state index is -0.461. The Morgan fingerprint density at radius 2 is 1.73 bits per heavy atom. The Labute approximate surface area is 127 Å². The van der Waals surface area contributed by atoms with Crippen LogP contribution in [0.4, 0.5) is 5.69 Å². The number of para-hydroxylation sites is 2. The topological polar surface area (TPSA) is 50.5 Å². The molecule has 4 rings (SSSR count). The zero-order valence-electron chi connectivity index (χ0n) is 11.8. The van der Waals surface area contributed by atoms with Crippen LogP contribution >= 0.6 is 0 Å². The van der Waals surface area contributed by atoms with Gasteiger partial charge in [0.05, 0.1) is 11.3 Å². The largest absolute Gasteiger partial charge is 0.461 e. The summed E-state index contributed by atoms with van der Waals surface area (Å²) in [7, 11) is 0. The smallest absolute Gasteiger partial charge is 0.299 e. The lowest BCUT2D eigenvalue weighted by Crippen LogP contribution is -2.31. The van der Waals surface area contributed by atoms with Crippen molar-refractivity contribution in [2.75, 3.05) is 11.4 Å². The summed E-state index contributed by atoms with van der Waals surface area (Å²) in [5.41, 5.74) is 2.01. The molecule has 0 spiro atoms. The molecule has 1 aliphatic heterocycles. The first-order chi connectivity index (χ1) is 10.7. The van der Waals surface area contributed by atoms with Crippen molar-refractivity contribution in [1.82, 2.24) is 0 Å². The molecule has 1 aromatic heterocycles. The molecular weight excluding hydrogens is 278 g/mol. The van der Waals surface area contributed by atoms with E-state index < -0.39 is 11.7 Å². The molecule has 108 valence electrons. The Morgan fingerprint density at radius 1 is 0.955 bits per heavy atom. The van der Waals surface area contributed by atoms with Gasteiger partial charge in [-0.25, -0.2) is 0 Å². The first-order valence-corrected chi connectivity index (χ1v) is 7.17. The Bertz CT molecular complexity index is 861. The quantitative estimate of drug-likeness (QED) is 0.696. The molecule has 4 heteroatoms. The van der Waals surface area contributed by atoms with E-state index >= 15 is 0 Å². The number of hydrogen-bond acceptors (Lipinski definition) is 3. The van der Waals surface area contributed by atoms with Crippen molar-refractivity contribution >= 4 is 28.3 Å². The number of fused-ring (bicyclic) bond motifs is 2. The van der Waals surface area contributed by atoms with Gasteiger partial charge in [0.15, 0.2) is 0 Å². The van der Waals surface area contributed by atoms with E-state index in [4.69, 9.17) is 4.42 Å². The van der Waals surface area contributed by atoms with Gasteiger partial charge in [-0.3, -0.25) is 9.59 Å². The monoisotopic (exact) mass is 291 g/mol. The van der Waals surface area contributed by atoms with Crippen molar-refractivity contribution in [3.63, 3.8) is 0 Å². The number of carbonyl (C=O) groups is 2. The van der Waals surface area contributed by atoms with Gasteiger partial charge in [0.2, 0.25) is 0 Å². The van der Waals surface area contributed by atoms with Gasteiger partial charge in [0.25, 0.3) is 11.7 Å². The summed E-state index contributed by atoms with van der Waals surface area (Å²) >= 11 is 0. The summed E-state index contributed by atoms with van der Waals surface area (Å²) in [4.78, 5) is 25.6. The van der Waals surface area contributed by atoms with E-state index in [0.717, 1.165) is 16.7 Å². The highest BCUT2D eigenvalue weighted by Crippen LogP contribution is 2.29. The molecule has 0 saturated heterocycles. The summed E-state index contributed by atoms with van der Waals surface area (Å²) in [6.45, 7) is 0.432. The summed E-state index contributed by atoms with van der Waals surface area (Å²) in [5.74, 6) is -0.0802. The molecule has 2 heterocycles. The maximum atomic E-state index is 12.1. The van der Waals surface area contributed by atoms with Crippen molar-refractivity contribution in [3.05, 3.63) is 65.9 Å². The number of nitrogens with zero attached hydrogens (tertiary/aromatic N) is 1. The van der Waals surface area contributed by atoms with Crippen LogP contribution in [0.2, 0.25) is 0 Å². The molecule has 0 aliphatic carbocycles. The maximum Gasteiger partial charge on any atom is 0.299 e. The van der Waals surface area contributed by atoms with E-state index in [-0.39, 0.29) is 0 Å². The SMILES string of the molecule is O=C1C(=O)N(CCc2cc3ccccc3o2)c2ccccc21. The van der Waals surface area contributed by atoms with E-state index in [1.54, 1.807) is 18.2 Å². The van der Waals surface area contributed by atoms with Crippen molar-refractivity contribution in [3.8, 4) is 0 Å². The number of Topliss-reactive ketones (excluding diaryl/α,β-unsaturated/α-hetero) is 1. The number of carbonyl (C=O) groups excluding carboxylic acids is 2. The van der Waals surface area contributed by atoms with Gasteiger partial charge in [-0.2, -0.15) is 0 Å². The molecule has 1 amide bonds. The van der Waals surface area contributed by atoms with E-state index in [0.29, 0.717) is 24.2 Å². The number of ketones is 1. The summed E-state index contributed by atoms with van der Waals surface area (Å²) < 4.78 is 5.75. The van der Waals surface area contributed by atoms with E-state index in [1.807, 2.05) is 36.4 Å². The van der Waals surface area contributed by atoms with Crippen LogP contribution in [0.3, 0.4) is 0 Å². The standard InChI is InChI=1S/C18H13NO3/c20-17-14-6-2-3-7-15(14)19(18(17)21)10-9-13-11-12-5-1-4-8-16(12)22-13/h1-8,11H,9-10H2. The third kappa shape index (κ3) is 1.92. The molecule has 22 heavy (non-hydrogen) atoms. The lowest BCUT2D eigenvalue weighted by molar-refractivity contribution is -0.114. The van der Waals surface area contributed by atoms with Crippen LogP contribution in [-0.4, -0.2) is 18.2 Å². The minimum absolute atomic E-state index is 0.430. The van der Waals surface area contributed by atoms with Crippen LogP contribution in [0.25, 0.3) is 11.0 Å². The Morgan fingerprint density at radius 3 is 2.59 bits per heavy atom. The normalized spacial score (nSPS) is 13.9. The lowest BCUT2D eigenvalue weighted by atomic mass is 10.1. The van der Waals surface area contributed by atoms with E-state index in [2.05, 4.69) is 0 Å². The second-order valence-corrected chi connectivity index (χ2v) is 5.30. The number of anilines is 1. The number of benzene rings is 2. The zero-order chi connectivity index (χ0) is 15.1. The molecule has 0 saturated carbocycles. The predicted molar refractivity (Wildman–Crippen MR) is 83.0 cm³/mol. The molecule has 0 radical (unpaired) electrons. The molecule has 1 aliphatic rings. The summed E-state index contributed by atoms with van der Waals surface area (Å²) in [6, 6.07) is 16.9. The van der Waals surface area contributed by atoms with Crippen LogP contribution in [-0.2, 0) is 11.2 Å². The van der Waals surface area contributed by atoms with Gasteiger partial charge >= 0.3 is 0 Å². The second-order valence-electron chi connectivity index (χ2n) is 5.30. The van der Waals surface area contributed by atoms with Gasteiger partial charge in [-0.1, -0.05) is 30.3 Å². The minimum Gasteiger partial charge on any atom is -0.461 e. The van der Waals surface area contributed by atoms with Crippen LogP contribution in [0, 0.1) is 0 Å². The third-order valence-corrected chi connectivity index (χ3v) is 3.94. The molecular formula is C18H13NO3. The molecule has 0 fully saturated rings. The highest BCUT2D eigenvalue weighted by molar-refractivity contribution is 6.52. The van der Waals surface area contributed by atoms with Gasteiger partial charge in [0, 0.05) is 18.4 Å². The van der Waals surface area contributed by atoms with Gasteiger partial charge < -0.3 is 9.32 Å². The summed E-state index contributed by atoms with van der Waals surface area (Å²) in [6.07, 6.45) is 0.571. The van der Waals surface area contributed by atoms with Crippen molar-refractivity contribution in [2.24, 2.45) is 0 Å². The number of hydrogen-bond donors (Lipinski definition) is 0. The van der Waals surface area contributed by atoms with Crippen LogP contribution in [0.5, 0.6) is 0 Å². The molecule has 0 unspecified atom stereocenters. The second kappa shape index (κ2) is 4.84. The number of amides is 1. The Hall–Kier alpha value is -2.88.